The molecule has 0 radical (unpaired) electrons. The Labute approximate surface area is 131 Å². The van der Waals surface area contributed by atoms with Crippen molar-refractivity contribution in [2.75, 3.05) is 5.32 Å². The van der Waals surface area contributed by atoms with Gasteiger partial charge in [0.1, 0.15) is 8.07 Å². The van der Waals surface area contributed by atoms with E-state index in [0.29, 0.717) is 5.69 Å². The van der Waals surface area contributed by atoms with E-state index < -0.39 is 14.2 Å². The predicted molar refractivity (Wildman–Crippen MR) is 87.3 cm³/mol. The van der Waals surface area contributed by atoms with Crippen LogP contribution in [-0.4, -0.2) is 29.5 Å². The van der Waals surface area contributed by atoms with Gasteiger partial charge in [0.2, 0.25) is 0 Å². The summed E-state index contributed by atoms with van der Waals surface area (Å²) < 4.78 is 0. The number of hydrogen-bond acceptors (Lipinski definition) is 3. The van der Waals surface area contributed by atoms with E-state index in [1.54, 1.807) is 0 Å². The first-order valence-electron chi connectivity index (χ1n) is 6.55. The lowest BCUT2D eigenvalue weighted by Gasteiger charge is -2.26. The van der Waals surface area contributed by atoms with Crippen LogP contribution in [0, 0.1) is 16.9 Å². The number of amides is 1. The summed E-state index contributed by atoms with van der Waals surface area (Å²) in [6.45, 7) is 10.9. The van der Waals surface area contributed by atoms with Gasteiger partial charge in [0, 0.05) is 6.07 Å². The van der Waals surface area contributed by atoms with Gasteiger partial charge >= 0.3 is 6.09 Å². The lowest BCUT2D eigenvalue weighted by Crippen LogP contribution is -2.29. The zero-order valence-electron chi connectivity index (χ0n) is 12.9. The molecule has 0 aliphatic heterocycles. The summed E-state index contributed by atoms with van der Waals surface area (Å²) in [6, 6.07) is 2.45. The molecule has 0 unspecified atom stereocenters. The minimum absolute atomic E-state index is 0.121. The molecule has 1 aromatic heterocycles. The molecule has 1 rings (SSSR count). The first-order chi connectivity index (χ1) is 9.48. The second-order valence-corrected chi connectivity index (χ2v) is 11.5. The van der Waals surface area contributed by atoms with E-state index >= 15 is 0 Å². The standard InChI is InChI=1S/C14H20ClN3O2Si/c1-14(2,3)9-21(4,5)7-6-10-11(16-13(19)20)8-12(15)18-17-10/h8H,9H2,1-5H3,(H,16,18)(H,19,20). The molecule has 7 heteroatoms. The van der Waals surface area contributed by atoms with Crippen LogP contribution in [0.4, 0.5) is 10.5 Å². The molecule has 0 aromatic carbocycles. The van der Waals surface area contributed by atoms with E-state index in [4.69, 9.17) is 16.7 Å². The molecule has 114 valence electrons. The molecule has 0 saturated carbocycles. The molecule has 0 fully saturated rings. The van der Waals surface area contributed by atoms with Crippen LogP contribution in [0.15, 0.2) is 6.07 Å². The minimum Gasteiger partial charge on any atom is -0.465 e. The van der Waals surface area contributed by atoms with E-state index in [9.17, 15) is 4.79 Å². The van der Waals surface area contributed by atoms with Crippen molar-refractivity contribution in [3.63, 3.8) is 0 Å². The van der Waals surface area contributed by atoms with E-state index in [-0.39, 0.29) is 16.3 Å². The number of nitrogens with zero attached hydrogens (tertiary/aromatic N) is 2. The average Bonchev–Trinajstić information content (AvgIpc) is 2.23. The van der Waals surface area contributed by atoms with Crippen molar-refractivity contribution >= 4 is 31.5 Å². The molecule has 1 heterocycles. The fourth-order valence-electron chi connectivity index (χ4n) is 2.27. The minimum atomic E-state index is -1.74. The number of hydrogen-bond donors (Lipinski definition) is 2. The molecule has 5 nitrogen and oxygen atoms in total. The van der Waals surface area contributed by atoms with Crippen LogP contribution in [-0.2, 0) is 0 Å². The van der Waals surface area contributed by atoms with Gasteiger partial charge in [-0.05, 0) is 17.4 Å². The van der Waals surface area contributed by atoms with E-state index in [1.807, 2.05) is 0 Å². The molecule has 1 amide bonds. The average molecular weight is 326 g/mol. The summed E-state index contributed by atoms with van der Waals surface area (Å²) in [6.07, 6.45) is -1.19. The zero-order chi connectivity index (χ0) is 16.3. The Morgan fingerprint density at radius 1 is 1.43 bits per heavy atom. The number of halogens is 1. The smallest absolute Gasteiger partial charge is 0.409 e. The molecule has 0 spiro atoms. The molecule has 0 bridgehead atoms. The number of rotatable bonds is 2. The predicted octanol–water partition coefficient (Wildman–Crippen LogP) is 3.87. The maximum Gasteiger partial charge on any atom is 0.409 e. The highest BCUT2D eigenvalue weighted by Crippen LogP contribution is 2.27. The second kappa shape index (κ2) is 6.46. The summed E-state index contributed by atoms with van der Waals surface area (Å²) in [5, 5.41) is 18.8. The summed E-state index contributed by atoms with van der Waals surface area (Å²) in [4.78, 5) is 10.8. The van der Waals surface area contributed by atoms with Crippen molar-refractivity contribution in [2.45, 2.75) is 39.9 Å². The van der Waals surface area contributed by atoms with Gasteiger partial charge < -0.3 is 5.11 Å². The van der Waals surface area contributed by atoms with Gasteiger partial charge in [-0.25, -0.2) is 4.79 Å². The number of nitrogens with one attached hydrogen (secondary N) is 1. The van der Waals surface area contributed by atoms with Crippen molar-refractivity contribution in [2.24, 2.45) is 5.41 Å². The fraction of sp³-hybridized carbons (Fsp3) is 0.500. The van der Waals surface area contributed by atoms with Gasteiger partial charge in [0.25, 0.3) is 0 Å². The van der Waals surface area contributed by atoms with Gasteiger partial charge in [0.05, 0.1) is 5.69 Å². The van der Waals surface area contributed by atoms with Crippen molar-refractivity contribution in [1.82, 2.24) is 10.2 Å². The van der Waals surface area contributed by atoms with Crippen molar-refractivity contribution < 1.29 is 9.90 Å². The van der Waals surface area contributed by atoms with Gasteiger partial charge in [-0.2, -0.15) is 0 Å². The van der Waals surface area contributed by atoms with Crippen LogP contribution in [0.2, 0.25) is 24.3 Å². The fourth-order valence-corrected chi connectivity index (χ4v) is 5.61. The quantitative estimate of drug-likeness (QED) is 0.639. The molecular weight excluding hydrogens is 306 g/mol. The summed E-state index contributed by atoms with van der Waals surface area (Å²) in [5.74, 6) is 2.96. The lowest BCUT2D eigenvalue weighted by atomic mass is 10.0. The maximum atomic E-state index is 10.8. The number of aromatic nitrogens is 2. The van der Waals surface area contributed by atoms with E-state index in [1.165, 1.54) is 6.07 Å². The molecule has 0 aliphatic carbocycles. The Morgan fingerprint density at radius 2 is 2.05 bits per heavy atom. The zero-order valence-corrected chi connectivity index (χ0v) is 14.7. The summed E-state index contributed by atoms with van der Waals surface area (Å²) in [5.41, 5.74) is 4.04. The van der Waals surface area contributed by atoms with Crippen LogP contribution in [0.1, 0.15) is 26.5 Å². The molecule has 0 atom stereocenters. The Hall–Kier alpha value is -1.58. The second-order valence-electron chi connectivity index (χ2n) is 6.73. The topological polar surface area (TPSA) is 75.1 Å². The highest BCUT2D eigenvalue weighted by atomic mass is 35.5. The summed E-state index contributed by atoms with van der Waals surface area (Å²) in [7, 11) is -1.74. The molecule has 21 heavy (non-hydrogen) atoms. The third-order valence-electron chi connectivity index (χ3n) is 2.50. The SMILES string of the molecule is CC(C)(C)C[Si](C)(C)C#Cc1nnc(Cl)cc1NC(=O)O. The molecular formula is C14H20ClN3O2Si. The van der Waals surface area contributed by atoms with Gasteiger partial charge in [-0.3, -0.25) is 5.32 Å². The molecule has 0 aliphatic rings. The van der Waals surface area contributed by atoms with Crippen LogP contribution in [0.25, 0.3) is 0 Å². The normalized spacial score (nSPS) is 11.5. The molecule has 0 saturated heterocycles. The maximum absolute atomic E-state index is 10.8. The monoisotopic (exact) mass is 325 g/mol. The van der Waals surface area contributed by atoms with E-state index in [0.717, 1.165) is 6.04 Å². The van der Waals surface area contributed by atoms with Crippen LogP contribution in [0.3, 0.4) is 0 Å². The Bertz CT molecular complexity index is 600. The lowest BCUT2D eigenvalue weighted by molar-refractivity contribution is 0.209. The Balaban J connectivity index is 3.08. The number of anilines is 1. The first kappa shape index (κ1) is 17.5. The van der Waals surface area contributed by atoms with Gasteiger partial charge in [-0.1, -0.05) is 45.5 Å². The number of carboxylic acid groups (broad SMARTS) is 1. The van der Waals surface area contributed by atoms with Crippen LogP contribution >= 0.6 is 11.6 Å². The van der Waals surface area contributed by atoms with Crippen LogP contribution in [0.5, 0.6) is 0 Å². The van der Waals surface area contributed by atoms with Gasteiger partial charge in [0.15, 0.2) is 10.8 Å². The largest absolute Gasteiger partial charge is 0.465 e. The van der Waals surface area contributed by atoms with Crippen molar-refractivity contribution in [3.8, 4) is 11.5 Å². The molecule has 1 aromatic rings. The first-order valence-corrected chi connectivity index (χ1v) is 10.1. The highest BCUT2D eigenvalue weighted by Gasteiger charge is 2.26. The number of carbonyl (C=O) groups is 1. The third-order valence-corrected chi connectivity index (χ3v) is 5.43. The Kier molecular flexibility index (Phi) is 5.37. The van der Waals surface area contributed by atoms with Crippen molar-refractivity contribution in [1.29, 1.82) is 0 Å². The summed E-state index contributed by atoms with van der Waals surface area (Å²) >= 11 is 5.73. The van der Waals surface area contributed by atoms with Gasteiger partial charge in [-0.15, -0.1) is 15.7 Å². The van der Waals surface area contributed by atoms with E-state index in [2.05, 4.69) is 60.8 Å². The third kappa shape index (κ3) is 6.60. The Morgan fingerprint density at radius 3 is 2.57 bits per heavy atom. The molecule has 2 N–H and O–H groups in total. The van der Waals surface area contributed by atoms with Crippen LogP contribution < -0.4 is 5.32 Å². The van der Waals surface area contributed by atoms with Crippen molar-refractivity contribution in [3.05, 3.63) is 16.9 Å². The highest BCUT2D eigenvalue weighted by molar-refractivity contribution is 6.85.